The van der Waals surface area contributed by atoms with E-state index in [9.17, 15) is 4.79 Å². The molecule has 0 bridgehead atoms. The van der Waals surface area contributed by atoms with Gasteiger partial charge in [-0.15, -0.1) is 0 Å². The lowest BCUT2D eigenvalue weighted by molar-refractivity contribution is -0.117. The largest absolute Gasteiger partial charge is 0.494 e. The summed E-state index contributed by atoms with van der Waals surface area (Å²) in [6.07, 6.45) is 3.99. The lowest BCUT2D eigenvalue weighted by atomic mass is 9.95. The topological polar surface area (TPSA) is 83.1 Å². The van der Waals surface area contributed by atoms with Crippen LogP contribution in [-0.4, -0.2) is 52.2 Å². The van der Waals surface area contributed by atoms with Crippen LogP contribution in [0.4, 0.5) is 5.13 Å². The molecule has 0 unspecified atom stereocenters. The Bertz CT molecular complexity index is 908. The van der Waals surface area contributed by atoms with E-state index in [1.165, 1.54) is 11.3 Å². The maximum absolute atomic E-state index is 12.5. The highest BCUT2D eigenvalue weighted by Crippen LogP contribution is 2.29. The first-order valence-electron chi connectivity index (χ1n) is 9.26. The summed E-state index contributed by atoms with van der Waals surface area (Å²) in [4.78, 5) is 19.2. The molecule has 2 aromatic heterocycles. The molecule has 0 aliphatic carbocycles. The Labute approximate surface area is 161 Å². The van der Waals surface area contributed by atoms with Crippen LogP contribution < -0.4 is 10.1 Å². The Balaban J connectivity index is 1.36. The molecule has 4 rings (SSSR count). The summed E-state index contributed by atoms with van der Waals surface area (Å²) in [5.41, 5.74) is 2.02. The van der Waals surface area contributed by atoms with Gasteiger partial charge in [-0.25, -0.2) is 4.98 Å². The zero-order valence-electron chi connectivity index (χ0n) is 15.3. The highest BCUT2D eigenvalue weighted by Gasteiger charge is 2.24. The van der Waals surface area contributed by atoms with Crippen molar-refractivity contribution in [3.05, 3.63) is 36.2 Å². The van der Waals surface area contributed by atoms with Crippen molar-refractivity contribution in [2.75, 3.05) is 31.6 Å². The van der Waals surface area contributed by atoms with Gasteiger partial charge in [0.15, 0.2) is 5.13 Å². The first-order chi connectivity index (χ1) is 13.2. The summed E-state index contributed by atoms with van der Waals surface area (Å²) >= 11 is 1.47. The number of amides is 1. The standard InChI is InChI=1S/C19H23N5O2S/c1-2-26-14-5-6-16-17(10-14)27-19(21-16)22-18(25)12-24-9-3-4-13(11-24)15-7-8-20-23-15/h5-8,10,13H,2-4,9,11-12H2,1H3,(H,20,23)(H,21,22,25)/t13-/m0/s1. The summed E-state index contributed by atoms with van der Waals surface area (Å²) in [6, 6.07) is 7.81. The van der Waals surface area contributed by atoms with Gasteiger partial charge >= 0.3 is 0 Å². The predicted octanol–water partition coefficient (Wildman–Crippen LogP) is 3.24. The lowest BCUT2D eigenvalue weighted by Crippen LogP contribution is -2.39. The number of benzene rings is 1. The molecule has 2 N–H and O–H groups in total. The molecule has 1 aromatic carbocycles. The summed E-state index contributed by atoms with van der Waals surface area (Å²) < 4.78 is 6.53. The molecular weight excluding hydrogens is 362 g/mol. The molecule has 7 nitrogen and oxygen atoms in total. The van der Waals surface area contributed by atoms with Gasteiger partial charge in [0.2, 0.25) is 5.91 Å². The summed E-state index contributed by atoms with van der Waals surface area (Å²) in [5, 5.41) is 10.7. The van der Waals surface area contributed by atoms with Crippen molar-refractivity contribution in [3.63, 3.8) is 0 Å². The number of ether oxygens (including phenoxy) is 1. The van der Waals surface area contributed by atoms with Crippen molar-refractivity contribution in [2.24, 2.45) is 0 Å². The van der Waals surface area contributed by atoms with Gasteiger partial charge in [0.25, 0.3) is 0 Å². The molecule has 3 aromatic rings. The number of anilines is 1. The number of aromatic amines is 1. The Hall–Kier alpha value is -2.45. The summed E-state index contributed by atoms with van der Waals surface area (Å²) in [6.45, 7) is 4.77. The van der Waals surface area contributed by atoms with Crippen LogP contribution in [0, 0.1) is 0 Å². The van der Waals surface area contributed by atoms with Crippen molar-refractivity contribution >= 4 is 32.6 Å². The molecule has 8 heteroatoms. The summed E-state index contributed by atoms with van der Waals surface area (Å²) in [5.74, 6) is 1.21. The molecule has 0 saturated carbocycles. The third kappa shape index (κ3) is 4.28. The number of hydrogen-bond acceptors (Lipinski definition) is 6. The van der Waals surface area contributed by atoms with Crippen molar-refractivity contribution in [2.45, 2.75) is 25.7 Å². The van der Waals surface area contributed by atoms with Gasteiger partial charge in [-0.3, -0.25) is 14.8 Å². The van der Waals surface area contributed by atoms with Crippen LogP contribution in [0.25, 0.3) is 10.2 Å². The van der Waals surface area contributed by atoms with Crippen molar-refractivity contribution in [1.29, 1.82) is 0 Å². The number of carbonyl (C=O) groups is 1. The number of fused-ring (bicyclic) bond motifs is 1. The highest BCUT2D eigenvalue weighted by atomic mass is 32.1. The molecule has 142 valence electrons. The molecule has 3 heterocycles. The Kier molecular flexibility index (Phi) is 5.35. The zero-order chi connectivity index (χ0) is 18.6. The molecule has 1 amide bonds. The third-order valence-corrected chi connectivity index (χ3v) is 5.69. The molecule has 1 atom stereocenters. The van der Waals surface area contributed by atoms with Crippen LogP contribution in [0.15, 0.2) is 30.5 Å². The second kappa shape index (κ2) is 8.06. The molecule has 27 heavy (non-hydrogen) atoms. The summed E-state index contributed by atoms with van der Waals surface area (Å²) in [7, 11) is 0. The molecule has 0 radical (unpaired) electrons. The number of H-pyrrole nitrogens is 1. The van der Waals surface area contributed by atoms with E-state index in [0.717, 1.165) is 47.6 Å². The fraction of sp³-hybridized carbons (Fsp3) is 0.421. The first kappa shape index (κ1) is 17.9. The number of likely N-dealkylation sites (tertiary alicyclic amines) is 1. The predicted molar refractivity (Wildman–Crippen MR) is 106 cm³/mol. The van der Waals surface area contributed by atoms with E-state index >= 15 is 0 Å². The number of thiazole rings is 1. The number of piperidine rings is 1. The SMILES string of the molecule is CCOc1ccc2nc(NC(=O)CN3CCC[C@H](c4ccn[nH]4)C3)sc2c1. The average molecular weight is 385 g/mol. The maximum Gasteiger partial charge on any atom is 0.240 e. The number of aromatic nitrogens is 3. The number of nitrogens with zero attached hydrogens (tertiary/aromatic N) is 3. The fourth-order valence-corrected chi connectivity index (χ4v) is 4.43. The van der Waals surface area contributed by atoms with Crippen LogP contribution in [0.1, 0.15) is 31.4 Å². The zero-order valence-corrected chi connectivity index (χ0v) is 16.1. The van der Waals surface area contributed by atoms with E-state index in [1.807, 2.05) is 31.2 Å². The van der Waals surface area contributed by atoms with Crippen LogP contribution in [0.5, 0.6) is 5.75 Å². The second-order valence-corrected chi connectivity index (χ2v) is 7.75. The van der Waals surface area contributed by atoms with Gasteiger partial charge in [-0.2, -0.15) is 5.10 Å². The molecule has 1 aliphatic rings. The minimum absolute atomic E-state index is 0.0238. The number of hydrogen-bond donors (Lipinski definition) is 2. The number of carbonyl (C=O) groups excluding carboxylic acids is 1. The smallest absolute Gasteiger partial charge is 0.240 e. The van der Waals surface area contributed by atoms with Gasteiger partial charge in [0, 0.05) is 24.4 Å². The van der Waals surface area contributed by atoms with Gasteiger partial charge in [-0.05, 0) is 50.6 Å². The fourth-order valence-electron chi connectivity index (χ4n) is 3.52. The number of rotatable bonds is 6. The van der Waals surface area contributed by atoms with Gasteiger partial charge < -0.3 is 10.1 Å². The van der Waals surface area contributed by atoms with Gasteiger partial charge in [0.05, 0.1) is 23.4 Å². The molecule has 1 aliphatic heterocycles. The van der Waals surface area contributed by atoms with Crippen LogP contribution in [0.2, 0.25) is 0 Å². The van der Waals surface area contributed by atoms with Gasteiger partial charge in [0.1, 0.15) is 5.75 Å². The monoisotopic (exact) mass is 385 g/mol. The maximum atomic E-state index is 12.5. The lowest BCUT2D eigenvalue weighted by Gasteiger charge is -2.31. The van der Waals surface area contributed by atoms with Crippen molar-refractivity contribution in [1.82, 2.24) is 20.1 Å². The van der Waals surface area contributed by atoms with E-state index in [2.05, 4.69) is 25.4 Å². The Morgan fingerprint density at radius 1 is 1.44 bits per heavy atom. The van der Waals surface area contributed by atoms with E-state index in [1.54, 1.807) is 6.20 Å². The number of nitrogens with one attached hydrogen (secondary N) is 2. The first-order valence-corrected chi connectivity index (χ1v) is 10.1. The Morgan fingerprint density at radius 3 is 3.19 bits per heavy atom. The van der Waals surface area contributed by atoms with Crippen LogP contribution in [0.3, 0.4) is 0 Å². The van der Waals surface area contributed by atoms with E-state index in [0.29, 0.717) is 24.2 Å². The molecule has 1 saturated heterocycles. The van der Waals surface area contributed by atoms with E-state index < -0.39 is 0 Å². The van der Waals surface area contributed by atoms with Crippen LogP contribution in [-0.2, 0) is 4.79 Å². The minimum atomic E-state index is -0.0238. The minimum Gasteiger partial charge on any atom is -0.494 e. The van der Waals surface area contributed by atoms with Crippen LogP contribution >= 0.6 is 11.3 Å². The quantitative estimate of drug-likeness (QED) is 0.681. The van der Waals surface area contributed by atoms with Gasteiger partial charge in [-0.1, -0.05) is 11.3 Å². The van der Waals surface area contributed by atoms with E-state index in [-0.39, 0.29) is 5.91 Å². The highest BCUT2D eigenvalue weighted by molar-refractivity contribution is 7.22. The molecule has 1 fully saturated rings. The molecular formula is C19H23N5O2S. The van der Waals surface area contributed by atoms with Crippen molar-refractivity contribution < 1.29 is 9.53 Å². The average Bonchev–Trinajstić information content (AvgIpc) is 3.31. The van der Waals surface area contributed by atoms with Crippen molar-refractivity contribution in [3.8, 4) is 5.75 Å². The Morgan fingerprint density at radius 2 is 2.37 bits per heavy atom. The normalized spacial score (nSPS) is 17.9. The molecule has 0 spiro atoms. The third-order valence-electron chi connectivity index (χ3n) is 4.75. The van der Waals surface area contributed by atoms with E-state index in [4.69, 9.17) is 4.74 Å². The second-order valence-electron chi connectivity index (χ2n) is 6.72.